The molecule has 0 radical (unpaired) electrons. The van der Waals surface area contributed by atoms with E-state index in [2.05, 4.69) is 4.90 Å². The van der Waals surface area contributed by atoms with Gasteiger partial charge in [0.05, 0.1) is 19.1 Å². The minimum absolute atomic E-state index is 0.0911. The van der Waals surface area contributed by atoms with Crippen LogP contribution in [0, 0.1) is 5.92 Å². The van der Waals surface area contributed by atoms with Crippen molar-refractivity contribution in [2.45, 2.75) is 63.8 Å². The van der Waals surface area contributed by atoms with E-state index in [1.807, 2.05) is 67.6 Å². The summed E-state index contributed by atoms with van der Waals surface area (Å²) >= 11 is 0. The monoisotopic (exact) mass is 531 g/mol. The lowest BCUT2D eigenvalue weighted by Gasteiger charge is -2.42. The summed E-state index contributed by atoms with van der Waals surface area (Å²) in [6.45, 7) is 4.34. The second-order valence-corrected chi connectivity index (χ2v) is 10.6. The zero-order chi connectivity index (χ0) is 27.8. The van der Waals surface area contributed by atoms with E-state index in [0.29, 0.717) is 29.5 Å². The summed E-state index contributed by atoms with van der Waals surface area (Å²) < 4.78 is 0. The molecule has 0 bridgehead atoms. The van der Waals surface area contributed by atoms with Crippen molar-refractivity contribution in [3.63, 3.8) is 0 Å². The third-order valence-corrected chi connectivity index (χ3v) is 8.33. The molecule has 4 N–H and O–H groups in total. The maximum atomic E-state index is 12.1. The molecule has 208 valence electrons. The van der Waals surface area contributed by atoms with Gasteiger partial charge in [-0.25, -0.2) is 0 Å². The molecule has 1 aliphatic heterocycles. The van der Waals surface area contributed by atoms with Gasteiger partial charge in [-0.3, -0.25) is 4.79 Å². The Morgan fingerprint density at radius 1 is 0.949 bits per heavy atom. The second kappa shape index (κ2) is 13.4. The van der Waals surface area contributed by atoms with Gasteiger partial charge in [0.1, 0.15) is 5.60 Å². The highest BCUT2D eigenvalue weighted by Gasteiger charge is 2.41. The van der Waals surface area contributed by atoms with Crippen molar-refractivity contribution in [1.29, 1.82) is 0 Å². The first-order valence-electron chi connectivity index (χ1n) is 14.1. The van der Waals surface area contributed by atoms with Crippen molar-refractivity contribution in [2.24, 2.45) is 5.92 Å². The van der Waals surface area contributed by atoms with Gasteiger partial charge in [0.25, 0.3) is 0 Å². The van der Waals surface area contributed by atoms with Crippen LogP contribution in [-0.4, -0.2) is 50.9 Å². The van der Waals surface area contributed by atoms with Crippen molar-refractivity contribution in [2.75, 3.05) is 19.6 Å². The van der Waals surface area contributed by atoms with Crippen molar-refractivity contribution in [3.05, 3.63) is 106 Å². The predicted molar refractivity (Wildman–Crippen MR) is 152 cm³/mol. The molecule has 3 aromatic carbocycles. The Morgan fingerprint density at radius 2 is 1.54 bits per heavy atom. The summed E-state index contributed by atoms with van der Waals surface area (Å²) in [5, 5.41) is 42.3. The van der Waals surface area contributed by atoms with Gasteiger partial charge in [-0.2, -0.15) is 0 Å². The first-order valence-corrected chi connectivity index (χ1v) is 14.1. The van der Waals surface area contributed by atoms with Gasteiger partial charge in [-0.05, 0) is 91.0 Å². The fourth-order valence-electron chi connectivity index (χ4n) is 6.29. The quantitative estimate of drug-likeness (QED) is 0.267. The van der Waals surface area contributed by atoms with Crippen LogP contribution in [0.4, 0.5) is 0 Å². The molecule has 1 unspecified atom stereocenters. The van der Waals surface area contributed by atoms with Gasteiger partial charge in [0.15, 0.2) is 0 Å². The molecule has 0 amide bonds. The van der Waals surface area contributed by atoms with E-state index in [0.717, 1.165) is 55.6 Å². The number of carbonyl (C=O) groups is 1. The molecule has 1 aliphatic rings. The van der Waals surface area contributed by atoms with Crippen LogP contribution in [0.25, 0.3) is 0 Å². The van der Waals surface area contributed by atoms with Crippen molar-refractivity contribution in [3.8, 4) is 0 Å². The standard InChI is InChI=1S/C33H41NO5/c1-2-28-24(22-32(37)38)15-16-29(30(28)23-35)31(36)14-9-19-34-20-17-27(18-21-34)33(39,25-10-5-3-6-11-25)26-12-7-4-8-13-26/h3-8,10-13,15-16,27,31,35-36,39H,2,9,14,17-23H2,1H3,(H,37,38). The van der Waals surface area contributed by atoms with Gasteiger partial charge in [0.2, 0.25) is 0 Å². The van der Waals surface area contributed by atoms with Crippen LogP contribution in [0.1, 0.15) is 72.1 Å². The molecule has 1 atom stereocenters. The summed E-state index contributed by atoms with van der Waals surface area (Å²) in [5.41, 5.74) is 3.69. The number of rotatable bonds is 12. The predicted octanol–water partition coefficient (Wildman–Crippen LogP) is 4.83. The highest BCUT2D eigenvalue weighted by molar-refractivity contribution is 5.71. The largest absolute Gasteiger partial charge is 0.481 e. The van der Waals surface area contributed by atoms with Crippen LogP contribution < -0.4 is 0 Å². The van der Waals surface area contributed by atoms with Crippen LogP contribution in [-0.2, 0) is 29.8 Å². The third kappa shape index (κ3) is 6.59. The molecule has 6 heteroatoms. The second-order valence-electron chi connectivity index (χ2n) is 10.6. The summed E-state index contributed by atoms with van der Waals surface area (Å²) in [6.07, 6.45) is 2.92. The van der Waals surface area contributed by atoms with E-state index < -0.39 is 17.7 Å². The number of benzene rings is 3. The first-order chi connectivity index (χ1) is 18.9. The number of aliphatic hydroxyl groups is 3. The normalized spacial score (nSPS) is 15.8. The van der Waals surface area contributed by atoms with E-state index in [9.17, 15) is 25.2 Å². The van der Waals surface area contributed by atoms with Crippen LogP contribution in [0.3, 0.4) is 0 Å². The van der Waals surface area contributed by atoms with Gasteiger partial charge in [-0.15, -0.1) is 0 Å². The number of likely N-dealkylation sites (tertiary alicyclic amines) is 1. The molecule has 3 aromatic rings. The number of aliphatic carboxylic acids is 1. The fourth-order valence-corrected chi connectivity index (χ4v) is 6.29. The molecule has 6 nitrogen and oxygen atoms in total. The lowest BCUT2D eigenvalue weighted by atomic mass is 9.72. The summed E-state index contributed by atoms with van der Waals surface area (Å²) in [5.74, 6) is -0.801. The topological polar surface area (TPSA) is 101 Å². The Bertz CT molecular complexity index is 1170. The van der Waals surface area contributed by atoms with Crippen molar-refractivity contribution >= 4 is 5.97 Å². The Morgan fingerprint density at radius 3 is 2.05 bits per heavy atom. The third-order valence-electron chi connectivity index (χ3n) is 8.33. The molecule has 1 saturated heterocycles. The number of aliphatic hydroxyl groups excluding tert-OH is 2. The van der Waals surface area contributed by atoms with E-state index in [1.54, 1.807) is 12.1 Å². The van der Waals surface area contributed by atoms with E-state index >= 15 is 0 Å². The molecular weight excluding hydrogens is 490 g/mol. The van der Waals surface area contributed by atoms with Crippen LogP contribution in [0.5, 0.6) is 0 Å². The van der Waals surface area contributed by atoms with Crippen LogP contribution >= 0.6 is 0 Å². The average molecular weight is 532 g/mol. The lowest BCUT2D eigenvalue weighted by Crippen LogP contribution is -2.44. The molecule has 1 heterocycles. The number of hydrogen-bond acceptors (Lipinski definition) is 5. The van der Waals surface area contributed by atoms with E-state index in [4.69, 9.17) is 0 Å². The molecule has 0 saturated carbocycles. The van der Waals surface area contributed by atoms with Gasteiger partial charge in [-0.1, -0.05) is 79.7 Å². The van der Waals surface area contributed by atoms with E-state index in [1.165, 1.54) is 0 Å². The maximum Gasteiger partial charge on any atom is 0.307 e. The Kier molecular flexibility index (Phi) is 9.92. The zero-order valence-corrected chi connectivity index (χ0v) is 22.8. The molecule has 0 aromatic heterocycles. The molecule has 39 heavy (non-hydrogen) atoms. The molecular formula is C33H41NO5. The first kappa shape index (κ1) is 29.0. The number of piperidine rings is 1. The fraction of sp³-hybridized carbons (Fsp3) is 0.424. The summed E-state index contributed by atoms with van der Waals surface area (Å²) in [7, 11) is 0. The maximum absolute atomic E-state index is 12.1. The molecule has 1 fully saturated rings. The number of carboxylic acids is 1. The Labute approximate surface area is 231 Å². The number of hydrogen-bond donors (Lipinski definition) is 4. The van der Waals surface area contributed by atoms with Gasteiger partial charge < -0.3 is 25.3 Å². The molecule has 4 rings (SSSR count). The summed E-state index contributed by atoms with van der Waals surface area (Å²) in [4.78, 5) is 13.6. The van der Waals surface area contributed by atoms with E-state index in [-0.39, 0.29) is 18.9 Å². The van der Waals surface area contributed by atoms with Crippen molar-refractivity contribution < 1.29 is 25.2 Å². The highest BCUT2D eigenvalue weighted by Crippen LogP contribution is 2.42. The SMILES string of the molecule is CCc1c(CC(=O)O)ccc(C(O)CCCN2CCC(C(O)(c3ccccc3)c3ccccc3)CC2)c1CO. The minimum Gasteiger partial charge on any atom is -0.481 e. The minimum atomic E-state index is -1.03. The number of carboxylic acid groups (broad SMARTS) is 1. The highest BCUT2D eigenvalue weighted by atomic mass is 16.4. The lowest BCUT2D eigenvalue weighted by molar-refractivity contribution is -0.136. The van der Waals surface area contributed by atoms with Crippen molar-refractivity contribution in [1.82, 2.24) is 4.90 Å². The Balaban J connectivity index is 1.36. The van der Waals surface area contributed by atoms with Crippen LogP contribution in [0.15, 0.2) is 72.8 Å². The smallest absolute Gasteiger partial charge is 0.307 e. The molecule has 0 spiro atoms. The number of nitrogens with zero attached hydrogens (tertiary/aromatic N) is 1. The van der Waals surface area contributed by atoms with Crippen LogP contribution in [0.2, 0.25) is 0 Å². The van der Waals surface area contributed by atoms with Gasteiger partial charge >= 0.3 is 5.97 Å². The molecule has 0 aliphatic carbocycles. The average Bonchev–Trinajstić information content (AvgIpc) is 2.97. The zero-order valence-electron chi connectivity index (χ0n) is 22.8. The summed E-state index contributed by atoms with van der Waals surface area (Å²) in [6, 6.07) is 23.5. The Hall–Kier alpha value is -3.03. The van der Waals surface area contributed by atoms with Gasteiger partial charge in [0, 0.05) is 0 Å².